The number of nitrogens with one attached hydrogen (secondary N) is 2. The highest BCUT2D eigenvalue weighted by molar-refractivity contribution is 5.95. The highest BCUT2D eigenvalue weighted by atomic mass is 16.6. The summed E-state index contributed by atoms with van der Waals surface area (Å²) < 4.78 is 0. The van der Waals surface area contributed by atoms with Crippen molar-refractivity contribution in [2.75, 3.05) is 13.6 Å². The molecule has 1 aliphatic heterocycles. The molecule has 1 unspecified atom stereocenters. The summed E-state index contributed by atoms with van der Waals surface area (Å²) in [6.07, 6.45) is 1.16. The highest BCUT2D eigenvalue weighted by Gasteiger charge is 2.26. The number of rotatable bonds is 4. The zero-order valence-electron chi connectivity index (χ0n) is 14.8. The molecule has 3 rings (SSSR count). The number of hydrazine groups is 1. The predicted octanol–water partition coefficient (Wildman–Crippen LogP) is 1.98. The van der Waals surface area contributed by atoms with Crippen molar-refractivity contribution >= 4 is 17.5 Å². The Labute approximate surface area is 156 Å². The normalized spacial score (nSPS) is 16.3. The topological polar surface area (TPSA) is 105 Å². The summed E-state index contributed by atoms with van der Waals surface area (Å²) in [6.45, 7) is 0.865. The fourth-order valence-corrected chi connectivity index (χ4v) is 3.20. The molecule has 140 valence electrons. The molecule has 0 saturated heterocycles. The first kappa shape index (κ1) is 18.5. The third kappa shape index (κ3) is 4.29. The maximum Gasteiger partial charge on any atom is 0.269 e. The average molecular weight is 368 g/mol. The van der Waals surface area contributed by atoms with Gasteiger partial charge in [-0.2, -0.15) is 0 Å². The molecule has 1 atom stereocenters. The molecule has 0 aliphatic carbocycles. The van der Waals surface area contributed by atoms with Crippen molar-refractivity contribution < 1.29 is 14.5 Å². The van der Waals surface area contributed by atoms with E-state index in [0.29, 0.717) is 0 Å². The van der Waals surface area contributed by atoms with Crippen molar-refractivity contribution in [1.82, 2.24) is 15.8 Å². The van der Waals surface area contributed by atoms with Gasteiger partial charge in [-0.25, -0.2) is 0 Å². The molecule has 0 aromatic heterocycles. The zero-order valence-corrected chi connectivity index (χ0v) is 14.8. The number of likely N-dealkylation sites (N-methyl/N-ethyl adjacent to an activating group) is 1. The van der Waals surface area contributed by atoms with E-state index in [1.165, 1.54) is 29.8 Å². The Kier molecular flexibility index (Phi) is 5.46. The van der Waals surface area contributed by atoms with Crippen molar-refractivity contribution in [2.45, 2.75) is 18.9 Å². The molecule has 2 aromatic rings. The largest absolute Gasteiger partial charge is 0.299 e. The first-order valence-electron chi connectivity index (χ1n) is 8.57. The van der Waals surface area contributed by atoms with E-state index in [4.69, 9.17) is 0 Å². The van der Waals surface area contributed by atoms with E-state index in [-0.39, 0.29) is 29.6 Å². The number of hydrogen-bond acceptors (Lipinski definition) is 5. The lowest BCUT2D eigenvalue weighted by Gasteiger charge is -2.34. The minimum Gasteiger partial charge on any atom is -0.299 e. The Bertz CT molecular complexity index is 866. The number of fused-ring (bicyclic) bond motifs is 1. The van der Waals surface area contributed by atoms with Gasteiger partial charge in [0.15, 0.2) is 0 Å². The number of carbonyl (C=O) groups is 2. The second kappa shape index (κ2) is 7.96. The zero-order chi connectivity index (χ0) is 19.4. The number of non-ortho nitro benzene ring substituents is 1. The van der Waals surface area contributed by atoms with Crippen LogP contribution in [0.4, 0.5) is 5.69 Å². The molecular weight excluding hydrogens is 348 g/mol. The Balaban J connectivity index is 1.58. The maximum atomic E-state index is 12.3. The molecule has 1 aliphatic rings. The Hall–Kier alpha value is -3.26. The van der Waals surface area contributed by atoms with Crippen molar-refractivity contribution in [3.05, 3.63) is 75.3 Å². The summed E-state index contributed by atoms with van der Waals surface area (Å²) in [5.74, 6) is -0.838. The van der Waals surface area contributed by atoms with E-state index in [2.05, 4.69) is 21.8 Å². The van der Waals surface area contributed by atoms with Gasteiger partial charge in [0.05, 0.1) is 4.92 Å². The van der Waals surface area contributed by atoms with Gasteiger partial charge in [-0.3, -0.25) is 35.5 Å². The van der Waals surface area contributed by atoms with Gasteiger partial charge in [-0.05, 0) is 36.7 Å². The quantitative estimate of drug-likeness (QED) is 0.634. The van der Waals surface area contributed by atoms with Crippen LogP contribution in [0.5, 0.6) is 0 Å². The van der Waals surface area contributed by atoms with Crippen molar-refractivity contribution in [1.29, 1.82) is 0 Å². The molecule has 1 heterocycles. The molecule has 2 aromatic carbocycles. The Morgan fingerprint density at radius 3 is 2.56 bits per heavy atom. The lowest BCUT2D eigenvalue weighted by molar-refractivity contribution is -0.384. The molecular formula is C19H20N4O4. The second-order valence-corrected chi connectivity index (χ2v) is 6.46. The van der Waals surface area contributed by atoms with Crippen molar-refractivity contribution in [2.24, 2.45) is 0 Å². The third-order valence-corrected chi connectivity index (χ3v) is 4.71. The first-order chi connectivity index (χ1) is 13.0. The van der Waals surface area contributed by atoms with Crippen LogP contribution in [0, 0.1) is 10.1 Å². The molecule has 0 radical (unpaired) electrons. The SMILES string of the molecule is CN1CCc2ccccc2C1CC(=O)NNC(=O)c1ccc([N+](=O)[O-])cc1. The van der Waals surface area contributed by atoms with E-state index >= 15 is 0 Å². The van der Waals surface area contributed by atoms with Crippen LogP contribution in [0.15, 0.2) is 48.5 Å². The van der Waals surface area contributed by atoms with Crippen LogP contribution in [0.2, 0.25) is 0 Å². The molecule has 0 spiro atoms. The molecule has 2 N–H and O–H groups in total. The summed E-state index contributed by atoms with van der Waals surface area (Å²) in [7, 11) is 1.98. The Morgan fingerprint density at radius 2 is 1.85 bits per heavy atom. The maximum absolute atomic E-state index is 12.3. The number of nitro groups is 1. The number of amides is 2. The lowest BCUT2D eigenvalue weighted by atomic mass is 9.91. The van der Waals surface area contributed by atoms with E-state index in [1.54, 1.807) is 0 Å². The van der Waals surface area contributed by atoms with E-state index < -0.39 is 10.8 Å². The van der Waals surface area contributed by atoms with E-state index in [0.717, 1.165) is 18.5 Å². The van der Waals surface area contributed by atoms with Gasteiger partial charge in [-0.15, -0.1) is 0 Å². The van der Waals surface area contributed by atoms with E-state index in [1.807, 2.05) is 25.2 Å². The summed E-state index contributed by atoms with van der Waals surface area (Å²) in [6, 6.07) is 13.2. The van der Waals surface area contributed by atoms with Gasteiger partial charge in [0.2, 0.25) is 5.91 Å². The van der Waals surface area contributed by atoms with Gasteiger partial charge in [0.1, 0.15) is 0 Å². The second-order valence-electron chi connectivity index (χ2n) is 6.46. The highest BCUT2D eigenvalue weighted by Crippen LogP contribution is 2.30. The van der Waals surface area contributed by atoms with Crippen molar-refractivity contribution in [3.63, 3.8) is 0 Å². The molecule has 0 fully saturated rings. The first-order valence-corrected chi connectivity index (χ1v) is 8.57. The summed E-state index contributed by atoms with van der Waals surface area (Å²) >= 11 is 0. The summed E-state index contributed by atoms with van der Waals surface area (Å²) in [4.78, 5) is 36.6. The Morgan fingerprint density at radius 1 is 1.15 bits per heavy atom. The predicted molar refractivity (Wildman–Crippen MR) is 98.8 cm³/mol. The van der Waals surface area contributed by atoms with Crippen LogP contribution in [-0.2, 0) is 11.2 Å². The van der Waals surface area contributed by atoms with Crippen LogP contribution in [0.25, 0.3) is 0 Å². The van der Waals surface area contributed by atoms with Crippen LogP contribution in [0.3, 0.4) is 0 Å². The molecule has 2 amide bonds. The van der Waals surface area contributed by atoms with Crippen LogP contribution >= 0.6 is 0 Å². The average Bonchev–Trinajstić information content (AvgIpc) is 2.68. The van der Waals surface area contributed by atoms with Gasteiger partial charge in [0, 0.05) is 36.7 Å². The third-order valence-electron chi connectivity index (χ3n) is 4.71. The lowest BCUT2D eigenvalue weighted by Crippen LogP contribution is -2.44. The van der Waals surface area contributed by atoms with Crippen LogP contribution in [0.1, 0.15) is 33.9 Å². The minimum atomic E-state index is -0.540. The fourth-order valence-electron chi connectivity index (χ4n) is 3.20. The van der Waals surface area contributed by atoms with Crippen LogP contribution < -0.4 is 10.9 Å². The standard InChI is InChI=1S/C19H20N4O4/c1-22-11-10-13-4-2-3-5-16(13)17(22)12-18(24)20-21-19(25)14-6-8-15(9-7-14)23(26)27/h2-9,17H,10-12H2,1H3,(H,20,24)(H,21,25). The summed E-state index contributed by atoms with van der Waals surface area (Å²) in [5.41, 5.74) is 7.25. The molecule has 8 nitrogen and oxygen atoms in total. The van der Waals surface area contributed by atoms with Gasteiger partial charge < -0.3 is 0 Å². The number of nitro benzene ring substituents is 1. The molecule has 0 saturated carbocycles. The fraction of sp³-hybridized carbons (Fsp3) is 0.263. The number of nitrogens with zero attached hydrogens (tertiary/aromatic N) is 2. The minimum absolute atomic E-state index is 0.0498. The smallest absolute Gasteiger partial charge is 0.269 e. The molecule has 8 heteroatoms. The number of benzene rings is 2. The monoisotopic (exact) mass is 368 g/mol. The molecule has 27 heavy (non-hydrogen) atoms. The number of hydrogen-bond donors (Lipinski definition) is 2. The number of carbonyl (C=O) groups excluding carboxylic acids is 2. The van der Waals surface area contributed by atoms with Gasteiger partial charge >= 0.3 is 0 Å². The van der Waals surface area contributed by atoms with Crippen LogP contribution in [-0.4, -0.2) is 35.2 Å². The van der Waals surface area contributed by atoms with E-state index in [9.17, 15) is 19.7 Å². The van der Waals surface area contributed by atoms with Gasteiger partial charge in [-0.1, -0.05) is 24.3 Å². The summed E-state index contributed by atoms with van der Waals surface area (Å²) in [5, 5.41) is 10.6. The van der Waals surface area contributed by atoms with Crippen molar-refractivity contribution in [3.8, 4) is 0 Å². The molecule has 0 bridgehead atoms. The van der Waals surface area contributed by atoms with Gasteiger partial charge in [0.25, 0.3) is 11.6 Å².